The van der Waals surface area contributed by atoms with Gasteiger partial charge in [0.05, 0.1) is 22.0 Å². The average molecular weight is 844 g/mol. The van der Waals surface area contributed by atoms with Gasteiger partial charge in [0.15, 0.2) is 5.82 Å². The van der Waals surface area contributed by atoms with E-state index < -0.39 is 5.41 Å². The zero-order valence-corrected chi connectivity index (χ0v) is 35.9. The predicted octanol–water partition coefficient (Wildman–Crippen LogP) is 15.0. The van der Waals surface area contributed by atoms with Crippen molar-refractivity contribution in [1.29, 1.82) is 0 Å². The number of para-hydroxylation sites is 2. The summed E-state index contributed by atoms with van der Waals surface area (Å²) in [6.45, 7) is 0. The topological polar surface area (TPSA) is 38.9 Å². The van der Waals surface area contributed by atoms with Gasteiger partial charge in [-0.1, -0.05) is 127 Å². The first-order valence-electron chi connectivity index (χ1n) is 22.5. The van der Waals surface area contributed by atoms with Crippen molar-refractivity contribution < 1.29 is 0 Å². The molecule has 0 fully saturated rings. The Morgan fingerprint density at radius 3 is 1.68 bits per heavy atom. The molecule has 0 unspecified atom stereocenters. The van der Waals surface area contributed by atoms with Gasteiger partial charge in [0.1, 0.15) is 0 Å². The number of anilines is 3. The van der Waals surface area contributed by atoms with E-state index in [1.165, 1.54) is 49.5 Å². The van der Waals surface area contributed by atoms with E-state index in [4.69, 9.17) is 0 Å². The molecule has 1 aliphatic rings. The molecule has 0 spiro atoms. The lowest BCUT2D eigenvalue weighted by atomic mass is 9.67. The molecule has 0 saturated carbocycles. The van der Waals surface area contributed by atoms with Crippen LogP contribution in [0.4, 0.5) is 17.1 Å². The number of aromatic nitrogens is 4. The molecule has 1 aliphatic carbocycles. The third-order valence-electron chi connectivity index (χ3n) is 13.5. The Labute approximate surface area is 382 Å². The van der Waals surface area contributed by atoms with E-state index in [0.717, 1.165) is 50.6 Å². The fraction of sp³-hybridized carbons (Fsp3) is 0.0164. The normalized spacial score (nSPS) is 12.7. The fourth-order valence-electron chi connectivity index (χ4n) is 10.7. The highest BCUT2D eigenvalue weighted by Gasteiger charge is 2.46. The highest BCUT2D eigenvalue weighted by Crippen LogP contribution is 2.57. The second-order valence-electron chi connectivity index (χ2n) is 17.0. The van der Waals surface area contributed by atoms with Gasteiger partial charge in [-0.15, -0.1) is 0 Å². The van der Waals surface area contributed by atoms with Gasteiger partial charge in [-0.25, -0.2) is 9.97 Å². The van der Waals surface area contributed by atoms with E-state index in [1.54, 1.807) is 12.4 Å². The van der Waals surface area contributed by atoms with Crippen LogP contribution in [-0.4, -0.2) is 19.1 Å². The molecule has 66 heavy (non-hydrogen) atoms. The summed E-state index contributed by atoms with van der Waals surface area (Å²) in [5.74, 6) is 0.697. The summed E-state index contributed by atoms with van der Waals surface area (Å²) >= 11 is 0. The molecule has 3 heterocycles. The maximum Gasteiger partial charge on any atom is 0.159 e. The Kier molecular flexibility index (Phi) is 8.68. The zero-order chi connectivity index (χ0) is 43.6. The van der Waals surface area contributed by atoms with Crippen molar-refractivity contribution in [2.45, 2.75) is 5.41 Å². The minimum Gasteiger partial charge on any atom is -0.317 e. The molecule has 0 bridgehead atoms. The van der Waals surface area contributed by atoms with Crippen molar-refractivity contribution in [1.82, 2.24) is 19.1 Å². The molecule has 0 saturated heterocycles. The smallest absolute Gasteiger partial charge is 0.159 e. The van der Waals surface area contributed by atoms with Crippen LogP contribution >= 0.6 is 0 Å². The van der Waals surface area contributed by atoms with Crippen LogP contribution < -0.4 is 4.90 Å². The average Bonchev–Trinajstić information content (AvgIpc) is 4.05. The van der Waals surface area contributed by atoms with Gasteiger partial charge in [0.2, 0.25) is 0 Å². The molecule has 9 aromatic carbocycles. The first-order valence-corrected chi connectivity index (χ1v) is 22.5. The quantitative estimate of drug-likeness (QED) is 0.153. The van der Waals surface area contributed by atoms with Crippen LogP contribution in [0.15, 0.2) is 249 Å². The lowest BCUT2D eigenvalue weighted by molar-refractivity contribution is 0.768. The molecule has 5 heteroatoms. The lowest BCUT2D eigenvalue weighted by Gasteiger charge is -2.35. The molecular formula is C61H41N5. The standard InChI is InChI=1S/C61H41N5/c1-5-16-44(17-6-1)61(45-18-7-2-8-19-45)55-25-14-13-24-51(55)52-32-30-50(40-56(52)61)65(48-28-26-42(27-29-48)60-62-35-15-36-63-60)49-31-33-57-53(39-49)54-41-58-43(34-37-64(58)46-20-9-3-10-21-46)38-59(54)66(57)47-22-11-4-12-23-47/h1-41H. The van der Waals surface area contributed by atoms with Gasteiger partial charge in [-0.05, 0) is 137 Å². The molecular weight excluding hydrogens is 803 g/mol. The van der Waals surface area contributed by atoms with Crippen LogP contribution in [0.2, 0.25) is 0 Å². The summed E-state index contributed by atoms with van der Waals surface area (Å²) in [4.78, 5) is 11.6. The monoisotopic (exact) mass is 843 g/mol. The Morgan fingerprint density at radius 2 is 0.970 bits per heavy atom. The maximum absolute atomic E-state index is 4.58. The highest BCUT2D eigenvalue weighted by molar-refractivity contribution is 6.14. The Bertz CT molecular complexity index is 3690. The van der Waals surface area contributed by atoms with Gasteiger partial charge in [0.25, 0.3) is 0 Å². The van der Waals surface area contributed by atoms with Crippen molar-refractivity contribution in [2.24, 2.45) is 0 Å². The van der Waals surface area contributed by atoms with Crippen molar-refractivity contribution in [3.63, 3.8) is 0 Å². The van der Waals surface area contributed by atoms with E-state index in [1.807, 2.05) is 6.07 Å². The van der Waals surface area contributed by atoms with Crippen LogP contribution in [-0.2, 0) is 5.41 Å². The van der Waals surface area contributed by atoms with Crippen LogP contribution in [0, 0.1) is 0 Å². The Hall–Kier alpha value is -8.80. The number of fused-ring (bicyclic) bond motifs is 7. The van der Waals surface area contributed by atoms with Crippen molar-refractivity contribution in [3.05, 3.63) is 271 Å². The Morgan fingerprint density at radius 1 is 0.394 bits per heavy atom. The van der Waals surface area contributed by atoms with Crippen LogP contribution in [0.25, 0.3) is 66.6 Å². The van der Waals surface area contributed by atoms with Gasteiger partial charge < -0.3 is 14.0 Å². The number of benzene rings is 9. The van der Waals surface area contributed by atoms with E-state index in [9.17, 15) is 0 Å². The van der Waals surface area contributed by atoms with Gasteiger partial charge >= 0.3 is 0 Å². The lowest BCUT2D eigenvalue weighted by Crippen LogP contribution is -2.28. The summed E-state index contributed by atoms with van der Waals surface area (Å²) in [5.41, 5.74) is 16.8. The number of nitrogens with zero attached hydrogens (tertiary/aromatic N) is 5. The largest absolute Gasteiger partial charge is 0.317 e. The summed E-state index contributed by atoms with van der Waals surface area (Å²) in [6.07, 6.45) is 5.77. The third-order valence-corrected chi connectivity index (χ3v) is 13.5. The van der Waals surface area contributed by atoms with Gasteiger partial charge in [-0.2, -0.15) is 0 Å². The van der Waals surface area contributed by atoms with E-state index in [0.29, 0.717) is 5.82 Å². The number of hydrogen-bond donors (Lipinski definition) is 0. The summed E-state index contributed by atoms with van der Waals surface area (Å²) in [6, 6.07) is 83.8. The molecule has 0 N–H and O–H groups in total. The molecule has 13 rings (SSSR count). The van der Waals surface area contributed by atoms with E-state index >= 15 is 0 Å². The number of hydrogen-bond acceptors (Lipinski definition) is 3. The molecule has 0 amide bonds. The predicted molar refractivity (Wildman–Crippen MR) is 271 cm³/mol. The van der Waals surface area contributed by atoms with Gasteiger partial charge in [-0.3, -0.25) is 0 Å². The SMILES string of the molecule is c1ccc(-n2ccc3cc4c(cc32)c2cc(N(c3ccc(-c5ncccn5)cc3)c3ccc5c(c3)C(c3ccccc3)(c3ccccc3)c3ccccc3-5)ccc2n4-c2ccccc2)cc1. The first kappa shape index (κ1) is 37.7. The van der Waals surface area contributed by atoms with Crippen LogP contribution in [0.1, 0.15) is 22.3 Å². The first-order chi connectivity index (χ1) is 32.7. The molecule has 0 aliphatic heterocycles. The second kappa shape index (κ2) is 15.2. The zero-order valence-electron chi connectivity index (χ0n) is 35.9. The highest BCUT2D eigenvalue weighted by atomic mass is 15.1. The van der Waals surface area contributed by atoms with E-state index in [-0.39, 0.29) is 0 Å². The minimum absolute atomic E-state index is 0.545. The summed E-state index contributed by atoms with van der Waals surface area (Å²) in [7, 11) is 0. The molecule has 5 nitrogen and oxygen atoms in total. The van der Waals surface area contributed by atoms with Crippen LogP contribution in [0.5, 0.6) is 0 Å². The van der Waals surface area contributed by atoms with E-state index in [2.05, 4.69) is 255 Å². The van der Waals surface area contributed by atoms with Crippen LogP contribution in [0.3, 0.4) is 0 Å². The third kappa shape index (κ3) is 5.80. The Balaban J connectivity index is 1.07. The molecule has 0 radical (unpaired) electrons. The number of rotatable bonds is 8. The van der Waals surface area contributed by atoms with Crippen molar-refractivity contribution >= 4 is 49.8 Å². The minimum atomic E-state index is -0.545. The molecule has 310 valence electrons. The fourth-order valence-corrected chi connectivity index (χ4v) is 10.7. The van der Waals surface area contributed by atoms with Gasteiger partial charge in [0, 0.05) is 68.7 Å². The molecule has 12 aromatic rings. The summed E-state index contributed by atoms with van der Waals surface area (Å²) < 4.78 is 4.70. The maximum atomic E-state index is 4.58. The van der Waals surface area contributed by atoms with Crippen molar-refractivity contribution in [3.8, 4) is 33.9 Å². The van der Waals surface area contributed by atoms with Crippen molar-refractivity contribution in [2.75, 3.05) is 4.90 Å². The molecule has 0 atom stereocenters. The second-order valence-corrected chi connectivity index (χ2v) is 17.0. The summed E-state index contributed by atoms with van der Waals surface area (Å²) in [5, 5.41) is 3.55. The molecule has 3 aromatic heterocycles.